The number of benzene rings is 3. The second-order valence-electron chi connectivity index (χ2n) is 10.8. The van der Waals surface area contributed by atoms with Crippen LogP contribution in [0.1, 0.15) is 24.5 Å². The second-order valence-corrected chi connectivity index (χ2v) is 14.7. The number of carbonyl (C=O) groups excluding carboxylic acids is 2. The van der Waals surface area contributed by atoms with Gasteiger partial charge < -0.3 is 19.5 Å². The summed E-state index contributed by atoms with van der Waals surface area (Å²) in [6, 6.07) is 24.7. The van der Waals surface area contributed by atoms with Crippen LogP contribution < -0.4 is 9.80 Å². The Morgan fingerprint density at radius 2 is 1.68 bits per heavy atom. The first-order valence-corrected chi connectivity index (χ1v) is 16.1. The molecule has 0 bridgehead atoms. The predicted molar refractivity (Wildman–Crippen MR) is 150 cm³/mol. The summed E-state index contributed by atoms with van der Waals surface area (Å²) in [7, 11) is -2.80. The van der Waals surface area contributed by atoms with Crippen LogP contribution in [-0.2, 0) is 26.5 Å². The maximum atomic E-state index is 14.4. The van der Waals surface area contributed by atoms with Crippen LogP contribution in [0.3, 0.4) is 0 Å². The minimum absolute atomic E-state index is 0.101. The maximum Gasteiger partial charge on any atom is 0.264 e. The lowest BCUT2D eigenvalue weighted by atomic mass is 9.82. The molecule has 7 nitrogen and oxygen atoms in total. The van der Waals surface area contributed by atoms with Gasteiger partial charge >= 0.3 is 0 Å². The molecule has 2 heterocycles. The smallest absolute Gasteiger partial charge is 0.264 e. The summed E-state index contributed by atoms with van der Waals surface area (Å²) in [6.45, 7) is 5.97. The fraction of sp³-hybridized carbons (Fsp3) is 0.333. The topological polar surface area (TPSA) is 90.3 Å². The Morgan fingerprint density at radius 1 is 1.03 bits per heavy atom. The minimum Gasteiger partial charge on any atom is -0.432 e. The van der Waals surface area contributed by atoms with E-state index in [0.717, 1.165) is 17.7 Å². The Morgan fingerprint density at radius 3 is 2.29 bits per heavy atom. The number of aliphatic hydroxyl groups excluding tert-OH is 1. The molecule has 1 saturated heterocycles. The van der Waals surface area contributed by atoms with E-state index >= 15 is 0 Å². The molecule has 1 fully saturated rings. The molecule has 5 rings (SSSR count). The lowest BCUT2D eigenvalue weighted by Crippen LogP contribution is -2.46. The van der Waals surface area contributed by atoms with E-state index in [4.69, 9.17) is 4.74 Å². The summed E-state index contributed by atoms with van der Waals surface area (Å²) in [6.07, 6.45) is 0.636. The third-order valence-corrected chi connectivity index (χ3v) is 10.5. The predicted octanol–water partition coefficient (Wildman–Crippen LogP) is 4.71. The average Bonchev–Trinajstić information content (AvgIpc) is 3.33. The summed E-state index contributed by atoms with van der Waals surface area (Å²) < 4.78 is 6.70. The number of nitrogens with zero attached hydrogens (tertiary/aromatic N) is 2. The Labute approximate surface area is 224 Å². The van der Waals surface area contributed by atoms with Gasteiger partial charge in [-0.2, -0.15) is 0 Å². The molecule has 4 atom stereocenters. The molecule has 0 aromatic heterocycles. The number of hydrogen-bond acceptors (Lipinski definition) is 5. The molecule has 3 aromatic rings. The number of fused-ring (bicyclic) bond motifs is 2. The molecular formula is C30H34N2O5Si. The quantitative estimate of drug-likeness (QED) is 0.325. The molecule has 198 valence electrons. The summed E-state index contributed by atoms with van der Waals surface area (Å²) >= 11 is 0. The van der Waals surface area contributed by atoms with E-state index in [0.29, 0.717) is 29.9 Å². The van der Waals surface area contributed by atoms with Crippen molar-refractivity contribution in [3.8, 4) is 0 Å². The number of para-hydroxylation sites is 1. The summed E-state index contributed by atoms with van der Waals surface area (Å²) in [5, 5.41) is 9.82. The van der Waals surface area contributed by atoms with Crippen molar-refractivity contribution < 1.29 is 24.2 Å². The summed E-state index contributed by atoms with van der Waals surface area (Å²) in [5.41, 5.74) is 2.15. The number of carbonyl (C=O) groups is 2. The minimum atomic E-state index is -2.80. The Kier molecular flexibility index (Phi) is 7.00. The molecule has 2 N–H and O–H groups in total. The van der Waals surface area contributed by atoms with Crippen molar-refractivity contribution in [2.45, 2.75) is 50.2 Å². The van der Waals surface area contributed by atoms with Gasteiger partial charge in [0, 0.05) is 35.0 Å². The zero-order chi connectivity index (χ0) is 27.1. The Hall–Kier alpha value is -3.30. The molecule has 0 saturated carbocycles. The molecule has 8 heteroatoms. The highest BCUT2D eigenvalue weighted by Gasteiger charge is 2.66. The van der Waals surface area contributed by atoms with Crippen LogP contribution in [0.25, 0.3) is 0 Å². The number of aliphatic hydroxyl groups is 1. The maximum absolute atomic E-state index is 14.4. The van der Waals surface area contributed by atoms with E-state index in [9.17, 15) is 19.5 Å². The van der Waals surface area contributed by atoms with Gasteiger partial charge in [0.05, 0.1) is 18.3 Å². The third kappa shape index (κ3) is 4.27. The van der Waals surface area contributed by atoms with Crippen molar-refractivity contribution >= 4 is 37.7 Å². The standard InChI is InChI=1S/C30H34N2O5Si/c1-21-28(38(2,3)36)27(16-17-33)37-30(21)25-18-24(32(20-34)23-12-8-5-9-13-23)14-15-26(25)31(29(30)35)19-22-10-6-4-7-11-22/h4-15,18,20-21,27-28,33,36H,16-17,19H2,1-3H3/t21-,27+,28-,30+/m0/s1. The number of hydrogen-bond donors (Lipinski definition) is 2. The van der Waals surface area contributed by atoms with E-state index in [-0.39, 0.29) is 24.0 Å². The molecule has 2 amide bonds. The van der Waals surface area contributed by atoms with Gasteiger partial charge in [0.25, 0.3) is 5.91 Å². The van der Waals surface area contributed by atoms with E-state index < -0.39 is 20.0 Å². The SMILES string of the molecule is C[C@H]1[C@H]([Si](C)(C)O)[C@@H](CCO)O[C@]12C(=O)N(Cc1ccccc1)c1ccc(N(C=O)c3ccccc3)cc12. The first-order chi connectivity index (χ1) is 18.2. The van der Waals surface area contributed by atoms with E-state index in [1.807, 2.05) is 98.9 Å². The number of amides is 2. The zero-order valence-electron chi connectivity index (χ0n) is 21.9. The molecule has 0 aliphatic carbocycles. The van der Waals surface area contributed by atoms with Crippen molar-refractivity contribution in [3.05, 3.63) is 90.0 Å². The normalized spacial score (nSPS) is 24.6. The summed E-state index contributed by atoms with van der Waals surface area (Å²) in [4.78, 5) is 41.3. The monoisotopic (exact) mass is 530 g/mol. The molecule has 3 aromatic carbocycles. The first kappa shape index (κ1) is 26.3. The van der Waals surface area contributed by atoms with Gasteiger partial charge in [-0.25, -0.2) is 0 Å². The Bertz CT molecular complexity index is 1310. The molecular weight excluding hydrogens is 496 g/mol. The number of ether oxygens (including phenoxy) is 1. The lowest BCUT2D eigenvalue weighted by Gasteiger charge is -2.32. The number of rotatable bonds is 8. The van der Waals surface area contributed by atoms with Crippen LogP contribution in [0.2, 0.25) is 18.6 Å². The van der Waals surface area contributed by atoms with Crippen LogP contribution in [0.5, 0.6) is 0 Å². The largest absolute Gasteiger partial charge is 0.432 e. The molecule has 1 spiro atoms. The van der Waals surface area contributed by atoms with Gasteiger partial charge in [-0.3, -0.25) is 14.5 Å². The van der Waals surface area contributed by atoms with Crippen LogP contribution >= 0.6 is 0 Å². The lowest BCUT2D eigenvalue weighted by molar-refractivity contribution is -0.146. The van der Waals surface area contributed by atoms with Gasteiger partial charge in [0.2, 0.25) is 6.41 Å². The molecule has 0 radical (unpaired) electrons. The van der Waals surface area contributed by atoms with E-state index in [1.165, 1.54) is 0 Å². The van der Waals surface area contributed by atoms with Crippen molar-refractivity contribution in [2.75, 3.05) is 16.4 Å². The highest BCUT2D eigenvalue weighted by molar-refractivity contribution is 6.71. The third-order valence-electron chi connectivity index (χ3n) is 7.98. The zero-order valence-corrected chi connectivity index (χ0v) is 22.9. The van der Waals surface area contributed by atoms with Gasteiger partial charge in [0.15, 0.2) is 13.9 Å². The molecule has 2 aliphatic heterocycles. The van der Waals surface area contributed by atoms with Crippen LogP contribution in [0, 0.1) is 5.92 Å². The molecule has 38 heavy (non-hydrogen) atoms. The molecule has 2 aliphatic rings. The van der Waals surface area contributed by atoms with Crippen LogP contribution in [0.4, 0.5) is 17.1 Å². The van der Waals surface area contributed by atoms with Crippen LogP contribution in [-0.4, -0.2) is 43.2 Å². The van der Waals surface area contributed by atoms with E-state index in [1.54, 1.807) is 9.80 Å². The van der Waals surface area contributed by atoms with Gasteiger partial charge in [0.1, 0.15) is 0 Å². The number of anilines is 3. The molecule has 0 unspecified atom stereocenters. The van der Waals surface area contributed by atoms with E-state index in [2.05, 4.69) is 0 Å². The van der Waals surface area contributed by atoms with Crippen LogP contribution in [0.15, 0.2) is 78.9 Å². The first-order valence-electron chi connectivity index (χ1n) is 13.0. The highest BCUT2D eigenvalue weighted by Crippen LogP contribution is 2.60. The van der Waals surface area contributed by atoms with Crippen molar-refractivity contribution in [2.24, 2.45) is 5.92 Å². The van der Waals surface area contributed by atoms with Crippen molar-refractivity contribution in [3.63, 3.8) is 0 Å². The van der Waals surface area contributed by atoms with Gasteiger partial charge in [-0.15, -0.1) is 0 Å². The fourth-order valence-electron chi connectivity index (χ4n) is 6.39. The summed E-state index contributed by atoms with van der Waals surface area (Å²) in [5.74, 6) is -0.517. The highest BCUT2D eigenvalue weighted by atomic mass is 28.4. The van der Waals surface area contributed by atoms with Crippen molar-refractivity contribution in [1.29, 1.82) is 0 Å². The fourth-order valence-corrected chi connectivity index (χ4v) is 9.00. The van der Waals surface area contributed by atoms with Gasteiger partial charge in [-0.05, 0) is 55.4 Å². The van der Waals surface area contributed by atoms with Crippen molar-refractivity contribution in [1.82, 2.24) is 0 Å². The van der Waals surface area contributed by atoms with Gasteiger partial charge in [-0.1, -0.05) is 55.5 Å². The Balaban J connectivity index is 1.67. The second kappa shape index (κ2) is 10.1. The average molecular weight is 531 g/mol.